The lowest BCUT2D eigenvalue weighted by Crippen LogP contribution is -2.38. The molecule has 1 aliphatic heterocycles. The fourth-order valence-electron chi connectivity index (χ4n) is 2.80. The van der Waals surface area contributed by atoms with Gasteiger partial charge in [0.15, 0.2) is 11.5 Å². The molecule has 0 fully saturated rings. The maximum atomic E-state index is 12.5. The number of likely N-dealkylation sites (N-methyl/N-ethyl adjacent to an activating group) is 1. The monoisotopic (exact) mass is 434 g/mol. The first-order valence-corrected chi connectivity index (χ1v) is 10.9. The SMILES string of the molecule is CCN(CC(=O)Nc1ccc2c(c1)OCCO2)C(=O)CSCc1ccc(Cl)cc1. The zero-order chi connectivity index (χ0) is 20.6. The molecule has 0 atom stereocenters. The van der Waals surface area contributed by atoms with Gasteiger partial charge >= 0.3 is 0 Å². The Morgan fingerprint density at radius 3 is 2.55 bits per heavy atom. The van der Waals surface area contributed by atoms with Gasteiger partial charge < -0.3 is 19.7 Å². The van der Waals surface area contributed by atoms with Gasteiger partial charge in [-0.05, 0) is 36.8 Å². The average Bonchev–Trinajstić information content (AvgIpc) is 2.73. The lowest BCUT2D eigenvalue weighted by Gasteiger charge is -2.21. The molecule has 1 aliphatic rings. The number of benzene rings is 2. The van der Waals surface area contributed by atoms with Gasteiger partial charge in [0.25, 0.3) is 0 Å². The molecule has 8 heteroatoms. The number of halogens is 1. The third-order valence-corrected chi connectivity index (χ3v) is 5.54. The fraction of sp³-hybridized carbons (Fsp3) is 0.333. The Kier molecular flexibility index (Phi) is 7.66. The summed E-state index contributed by atoms with van der Waals surface area (Å²) in [4.78, 5) is 26.4. The van der Waals surface area contributed by atoms with Gasteiger partial charge in [-0.25, -0.2) is 0 Å². The Balaban J connectivity index is 1.47. The van der Waals surface area contributed by atoms with Gasteiger partial charge in [0.1, 0.15) is 13.2 Å². The molecule has 0 bridgehead atoms. The Morgan fingerprint density at radius 1 is 1.10 bits per heavy atom. The van der Waals surface area contributed by atoms with Crippen molar-refractivity contribution in [1.82, 2.24) is 4.90 Å². The minimum absolute atomic E-state index is 0.00524. The highest BCUT2D eigenvalue weighted by Crippen LogP contribution is 2.32. The van der Waals surface area contributed by atoms with Crippen molar-refractivity contribution in [3.05, 3.63) is 53.1 Å². The van der Waals surface area contributed by atoms with Gasteiger partial charge in [-0.3, -0.25) is 9.59 Å². The number of hydrogen-bond acceptors (Lipinski definition) is 5. The van der Waals surface area contributed by atoms with E-state index in [9.17, 15) is 9.59 Å². The lowest BCUT2D eigenvalue weighted by atomic mass is 10.2. The second-order valence-electron chi connectivity index (χ2n) is 6.43. The number of fused-ring (bicyclic) bond motifs is 1. The summed E-state index contributed by atoms with van der Waals surface area (Å²) in [6.07, 6.45) is 0. The summed E-state index contributed by atoms with van der Waals surface area (Å²) in [5.74, 6) is 1.98. The molecule has 29 heavy (non-hydrogen) atoms. The predicted octanol–water partition coefficient (Wildman–Crippen LogP) is 3.83. The van der Waals surface area contributed by atoms with Crippen molar-refractivity contribution in [2.75, 3.05) is 37.4 Å². The highest BCUT2D eigenvalue weighted by Gasteiger charge is 2.17. The zero-order valence-electron chi connectivity index (χ0n) is 16.2. The minimum atomic E-state index is -0.250. The second kappa shape index (κ2) is 10.4. The maximum Gasteiger partial charge on any atom is 0.243 e. The molecule has 0 unspecified atom stereocenters. The van der Waals surface area contributed by atoms with Crippen LogP contribution in [-0.2, 0) is 15.3 Å². The normalized spacial score (nSPS) is 12.3. The largest absolute Gasteiger partial charge is 0.486 e. The van der Waals surface area contributed by atoms with Crippen LogP contribution in [0.15, 0.2) is 42.5 Å². The molecule has 154 valence electrons. The number of thioether (sulfide) groups is 1. The van der Waals surface area contributed by atoms with Crippen molar-refractivity contribution in [3.63, 3.8) is 0 Å². The first-order valence-electron chi connectivity index (χ1n) is 9.34. The van der Waals surface area contributed by atoms with Gasteiger partial charge in [-0.15, -0.1) is 11.8 Å². The van der Waals surface area contributed by atoms with E-state index in [1.165, 1.54) is 11.8 Å². The van der Waals surface area contributed by atoms with Crippen LogP contribution in [0.3, 0.4) is 0 Å². The number of anilines is 1. The number of nitrogens with zero attached hydrogens (tertiary/aromatic N) is 1. The van der Waals surface area contributed by atoms with Crippen LogP contribution in [0.2, 0.25) is 5.02 Å². The third-order valence-electron chi connectivity index (χ3n) is 4.30. The molecule has 1 heterocycles. The van der Waals surface area contributed by atoms with E-state index in [1.807, 2.05) is 31.2 Å². The summed E-state index contributed by atoms with van der Waals surface area (Å²) in [5, 5.41) is 3.50. The van der Waals surface area contributed by atoms with Crippen LogP contribution in [0.1, 0.15) is 12.5 Å². The van der Waals surface area contributed by atoms with Gasteiger partial charge in [-0.2, -0.15) is 0 Å². The number of nitrogens with one attached hydrogen (secondary N) is 1. The standard InChI is InChI=1S/C21H23ClN2O4S/c1-2-24(21(26)14-29-13-15-3-5-16(22)6-4-15)12-20(25)23-17-7-8-18-19(11-17)28-10-9-27-18/h3-8,11H,2,9-10,12-14H2,1H3,(H,23,25). The third kappa shape index (κ3) is 6.30. The maximum absolute atomic E-state index is 12.5. The molecule has 1 N–H and O–H groups in total. The zero-order valence-corrected chi connectivity index (χ0v) is 17.7. The van der Waals surface area contributed by atoms with E-state index in [0.717, 1.165) is 5.56 Å². The van der Waals surface area contributed by atoms with Crippen LogP contribution in [-0.4, -0.2) is 48.8 Å². The average molecular weight is 435 g/mol. The second-order valence-corrected chi connectivity index (χ2v) is 7.86. The molecule has 0 saturated heterocycles. The van der Waals surface area contributed by atoms with E-state index < -0.39 is 0 Å². The van der Waals surface area contributed by atoms with E-state index in [4.69, 9.17) is 21.1 Å². The van der Waals surface area contributed by atoms with Crippen molar-refractivity contribution >= 4 is 40.9 Å². The molecule has 2 amide bonds. The van der Waals surface area contributed by atoms with Crippen molar-refractivity contribution in [3.8, 4) is 11.5 Å². The summed E-state index contributed by atoms with van der Waals surface area (Å²) in [7, 11) is 0. The van der Waals surface area contributed by atoms with E-state index in [0.29, 0.717) is 53.5 Å². The van der Waals surface area contributed by atoms with Crippen LogP contribution < -0.4 is 14.8 Å². The minimum Gasteiger partial charge on any atom is -0.486 e. The van der Waals surface area contributed by atoms with Crippen LogP contribution in [0.5, 0.6) is 11.5 Å². The molecule has 2 aromatic carbocycles. The topological polar surface area (TPSA) is 67.9 Å². The number of amides is 2. The van der Waals surface area contributed by atoms with Crippen molar-refractivity contribution in [2.24, 2.45) is 0 Å². The quantitative estimate of drug-likeness (QED) is 0.683. The van der Waals surface area contributed by atoms with E-state index in [1.54, 1.807) is 23.1 Å². The van der Waals surface area contributed by atoms with Crippen LogP contribution >= 0.6 is 23.4 Å². The van der Waals surface area contributed by atoms with Gasteiger partial charge in [-0.1, -0.05) is 23.7 Å². The first-order chi connectivity index (χ1) is 14.0. The molecule has 0 spiro atoms. The molecule has 3 rings (SSSR count). The van der Waals surface area contributed by atoms with Crippen molar-refractivity contribution in [2.45, 2.75) is 12.7 Å². The number of hydrogen-bond donors (Lipinski definition) is 1. The summed E-state index contributed by atoms with van der Waals surface area (Å²) >= 11 is 7.39. The number of rotatable bonds is 8. The van der Waals surface area contributed by atoms with Crippen molar-refractivity contribution in [1.29, 1.82) is 0 Å². The number of carbonyl (C=O) groups excluding carboxylic acids is 2. The Bertz CT molecular complexity index is 860. The molecule has 0 aromatic heterocycles. The Morgan fingerprint density at radius 2 is 1.83 bits per heavy atom. The number of ether oxygens (including phenoxy) is 2. The summed E-state index contributed by atoms with van der Waals surface area (Å²) in [5.41, 5.74) is 1.71. The smallest absolute Gasteiger partial charge is 0.243 e. The summed E-state index contributed by atoms with van der Waals surface area (Å²) in [6, 6.07) is 12.8. The molecule has 0 saturated carbocycles. The molecule has 6 nitrogen and oxygen atoms in total. The molecule has 2 aromatic rings. The highest BCUT2D eigenvalue weighted by atomic mass is 35.5. The Hall–Kier alpha value is -2.38. The van der Waals surface area contributed by atoms with Crippen LogP contribution in [0.4, 0.5) is 5.69 Å². The summed E-state index contributed by atoms with van der Waals surface area (Å²) in [6.45, 7) is 3.33. The van der Waals surface area contributed by atoms with Gasteiger partial charge in [0.2, 0.25) is 11.8 Å². The van der Waals surface area contributed by atoms with E-state index in [2.05, 4.69) is 5.32 Å². The predicted molar refractivity (Wildman–Crippen MR) is 116 cm³/mol. The molecule has 0 aliphatic carbocycles. The summed E-state index contributed by atoms with van der Waals surface area (Å²) < 4.78 is 11.0. The van der Waals surface area contributed by atoms with E-state index in [-0.39, 0.29) is 18.4 Å². The van der Waals surface area contributed by atoms with Crippen LogP contribution in [0.25, 0.3) is 0 Å². The van der Waals surface area contributed by atoms with Crippen LogP contribution in [0, 0.1) is 0 Å². The molecular weight excluding hydrogens is 412 g/mol. The molecular formula is C21H23ClN2O4S. The fourth-order valence-corrected chi connectivity index (χ4v) is 3.81. The lowest BCUT2D eigenvalue weighted by molar-refractivity contribution is -0.132. The van der Waals surface area contributed by atoms with Crippen molar-refractivity contribution < 1.29 is 19.1 Å². The van der Waals surface area contributed by atoms with Gasteiger partial charge in [0, 0.05) is 29.1 Å². The Labute approximate surface area is 179 Å². The van der Waals surface area contributed by atoms with Gasteiger partial charge in [0.05, 0.1) is 12.3 Å². The highest BCUT2D eigenvalue weighted by molar-refractivity contribution is 7.99. The number of carbonyl (C=O) groups is 2. The molecule has 0 radical (unpaired) electrons. The first kappa shape index (κ1) is 21.3. The van der Waals surface area contributed by atoms with E-state index >= 15 is 0 Å².